The van der Waals surface area contributed by atoms with Crippen LogP contribution in [0.25, 0.3) is 0 Å². The van der Waals surface area contributed by atoms with Crippen LogP contribution in [0.3, 0.4) is 0 Å². The Bertz CT molecular complexity index is 1540. The van der Waals surface area contributed by atoms with E-state index in [4.69, 9.17) is 9.47 Å². The maximum absolute atomic E-state index is 13.3. The van der Waals surface area contributed by atoms with Gasteiger partial charge in [0, 0.05) is 46.0 Å². The number of amides is 3. The van der Waals surface area contributed by atoms with E-state index in [1.54, 1.807) is 11.8 Å². The molecule has 3 amide bonds. The number of ether oxygens (including phenoxy) is 2. The molecule has 1 saturated heterocycles. The molecule has 0 radical (unpaired) electrons. The SMILES string of the molecule is CC(=O)Nc1ccc(SC[C@@H]2O[C@H](c3cccc(NC(=O)NC45CC6CC(CC(C6)C4)C5)c3)O[C@H](c3ccc(CO)cc3)[C@@H]2C)cc1. The summed E-state index contributed by atoms with van der Waals surface area (Å²) in [6, 6.07) is 23.4. The summed E-state index contributed by atoms with van der Waals surface area (Å²) in [5.41, 5.74) is 4.15. The molecule has 9 heteroatoms. The van der Waals surface area contributed by atoms with Gasteiger partial charge in [0.2, 0.25) is 5.91 Å². The van der Waals surface area contributed by atoms with Gasteiger partial charge in [0.05, 0.1) is 18.8 Å². The third kappa shape index (κ3) is 7.38. The minimum absolute atomic E-state index is 0.0106. The highest BCUT2D eigenvalue weighted by atomic mass is 32.2. The first-order valence-corrected chi connectivity index (χ1v) is 17.9. The maximum Gasteiger partial charge on any atom is 0.319 e. The molecule has 4 N–H and O–H groups in total. The zero-order chi connectivity index (χ0) is 32.5. The van der Waals surface area contributed by atoms with Gasteiger partial charge in [-0.1, -0.05) is 43.3 Å². The number of hydrogen-bond acceptors (Lipinski definition) is 6. The minimum Gasteiger partial charge on any atom is -0.392 e. The Morgan fingerprint density at radius 3 is 2.17 bits per heavy atom. The molecular weight excluding hydrogens is 611 g/mol. The van der Waals surface area contributed by atoms with E-state index < -0.39 is 6.29 Å². The Labute approximate surface area is 281 Å². The number of benzene rings is 3. The highest BCUT2D eigenvalue weighted by Gasteiger charge is 2.51. The van der Waals surface area contributed by atoms with Crippen LogP contribution in [0.4, 0.5) is 16.2 Å². The number of aliphatic hydroxyl groups is 1. The number of rotatable bonds is 9. The molecule has 0 spiro atoms. The van der Waals surface area contributed by atoms with Gasteiger partial charge in [0.1, 0.15) is 0 Å². The van der Waals surface area contributed by atoms with Crippen LogP contribution in [0.15, 0.2) is 77.7 Å². The fourth-order valence-electron chi connectivity index (χ4n) is 8.76. The standard InChI is InChI=1S/C38H45N3O5S/c1-23-34(22-47-33-12-10-31(11-13-33)39-24(2)43)45-36(46-35(23)29-8-6-25(21-42)7-9-29)30-4-3-5-32(17-30)40-37(44)41-38-18-26-14-27(19-38)16-28(15-26)20-38/h3-13,17,23,26-28,34-36,42H,14-16,18-22H2,1-2H3,(H,39,43)(H2,40,41,44)/t23-,26?,27?,28?,34+,35+,36+,38?/m1/s1. The van der Waals surface area contributed by atoms with Gasteiger partial charge >= 0.3 is 6.03 Å². The fraction of sp³-hybridized carbons (Fsp3) is 0.474. The molecule has 0 aromatic heterocycles. The highest BCUT2D eigenvalue weighted by molar-refractivity contribution is 7.99. The molecule has 248 valence electrons. The zero-order valence-corrected chi connectivity index (χ0v) is 27.9. The maximum atomic E-state index is 13.3. The number of thioether (sulfide) groups is 1. The van der Waals surface area contributed by atoms with Crippen LogP contribution in [0.1, 0.15) is 81.5 Å². The minimum atomic E-state index is -0.630. The van der Waals surface area contributed by atoms with Crippen LogP contribution < -0.4 is 16.0 Å². The van der Waals surface area contributed by atoms with Crippen molar-refractivity contribution in [2.24, 2.45) is 23.7 Å². The molecular formula is C38H45N3O5S. The van der Waals surface area contributed by atoms with E-state index >= 15 is 0 Å². The lowest BCUT2D eigenvalue weighted by atomic mass is 9.53. The van der Waals surface area contributed by atoms with Crippen LogP contribution in [-0.2, 0) is 20.9 Å². The van der Waals surface area contributed by atoms with Crippen molar-refractivity contribution in [1.82, 2.24) is 5.32 Å². The van der Waals surface area contributed by atoms with Crippen LogP contribution in [0.5, 0.6) is 0 Å². The van der Waals surface area contributed by atoms with Gasteiger partial charge in [-0.15, -0.1) is 11.8 Å². The van der Waals surface area contributed by atoms with Crippen LogP contribution in [0, 0.1) is 23.7 Å². The van der Waals surface area contributed by atoms with Gasteiger partial charge < -0.3 is 30.5 Å². The topological polar surface area (TPSA) is 109 Å². The van der Waals surface area contributed by atoms with E-state index in [1.807, 2.05) is 72.8 Å². The second-order valence-electron chi connectivity index (χ2n) is 14.2. The second kappa shape index (κ2) is 13.6. The molecule has 3 aromatic carbocycles. The Balaban J connectivity index is 1.06. The normalized spacial score (nSPS) is 30.9. The molecule has 0 unspecified atom stereocenters. The molecule has 47 heavy (non-hydrogen) atoms. The number of urea groups is 1. The van der Waals surface area contributed by atoms with E-state index in [9.17, 15) is 14.7 Å². The van der Waals surface area contributed by atoms with Crippen LogP contribution >= 0.6 is 11.8 Å². The molecule has 4 bridgehead atoms. The van der Waals surface area contributed by atoms with Gasteiger partial charge in [-0.2, -0.15) is 0 Å². The van der Waals surface area contributed by atoms with E-state index in [2.05, 4.69) is 22.9 Å². The fourth-order valence-corrected chi connectivity index (χ4v) is 9.82. The number of carbonyl (C=O) groups excluding carboxylic acids is 2. The molecule has 4 saturated carbocycles. The summed E-state index contributed by atoms with van der Waals surface area (Å²) < 4.78 is 13.3. The van der Waals surface area contributed by atoms with Crippen LogP contribution in [0.2, 0.25) is 0 Å². The zero-order valence-electron chi connectivity index (χ0n) is 27.1. The second-order valence-corrected chi connectivity index (χ2v) is 15.3. The average Bonchev–Trinajstić information content (AvgIpc) is 3.04. The van der Waals surface area contributed by atoms with Crippen molar-refractivity contribution in [2.45, 2.75) is 87.9 Å². The highest BCUT2D eigenvalue weighted by Crippen LogP contribution is 2.55. The monoisotopic (exact) mass is 655 g/mol. The Hall–Kier alpha value is -3.37. The summed E-state index contributed by atoms with van der Waals surface area (Å²) >= 11 is 1.70. The number of carbonyl (C=O) groups is 2. The summed E-state index contributed by atoms with van der Waals surface area (Å²) in [4.78, 5) is 25.8. The largest absolute Gasteiger partial charge is 0.392 e. The lowest BCUT2D eigenvalue weighted by molar-refractivity contribution is -0.268. The third-order valence-electron chi connectivity index (χ3n) is 10.5. The molecule has 4 atom stereocenters. The Morgan fingerprint density at radius 2 is 1.53 bits per heavy atom. The van der Waals surface area contributed by atoms with Crippen molar-refractivity contribution < 1.29 is 24.2 Å². The molecule has 4 aliphatic carbocycles. The van der Waals surface area contributed by atoms with Gasteiger partial charge in [-0.05, 0) is 104 Å². The number of hydrogen-bond donors (Lipinski definition) is 4. The number of aliphatic hydroxyl groups excluding tert-OH is 1. The van der Waals surface area contributed by atoms with Gasteiger partial charge in [-0.25, -0.2) is 4.79 Å². The predicted molar refractivity (Wildman–Crippen MR) is 184 cm³/mol. The van der Waals surface area contributed by atoms with Gasteiger partial charge in [-0.3, -0.25) is 4.79 Å². The van der Waals surface area contributed by atoms with Crippen molar-refractivity contribution >= 4 is 35.1 Å². The Kier molecular flexibility index (Phi) is 9.33. The summed E-state index contributed by atoms with van der Waals surface area (Å²) in [6.07, 6.45) is 6.33. The lowest BCUT2D eigenvalue weighted by Crippen LogP contribution is -2.60. The van der Waals surface area contributed by atoms with Crippen molar-refractivity contribution in [3.63, 3.8) is 0 Å². The third-order valence-corrected chi connectivity index (χ3v) is 11.6. The van der Waals surface area contributed by atoms with Gasteiger partial charge in [0.25, 0.3) is 0 Å². The summed E-state index contributed by atoms with van der Waals surface area (Å²) in [5.74, 6) is 2.93. The van der Waals surface area contributed by atoms with Crippen molar-refractivity contribution in [3.05, 3.63) is 89.5 Å². The number of nitrogens with one attached hydrogen (secondary N) is 3. The van der Waals surface area contributed by atoms with Crippen LogP contribution in [-0.4, -0.2) is 34.4 Å². The predicted octanol–water partition coefficient (Wildman–Crippen LogP) is 7.81. The Morgan fingerprint density at radius 1 is 0.851 bits per heavy atom. The molecule has 3 aromatic rings. The van der Waals surface area contributed by atoms with E-state index in [0.717, 1.165) is 64.3 Å². The lowest BCUT2D eigenvalue weighted by Gasteiger charge is -2.56. The van der Waals surface area contributed by atoms with Crippen molar-refractivity contribution in [2.75, 3.05) is 16.4 Å². The number of anilines is 2. The molecule has 5 fully saturated rings. The quantitative estimate of drug-likeness (QED) is 0.175. The summed E-state index contributed by atoms with van der Waals surface area (Å²) in [5, 5.41) is 18.9. The summed E-state index contributed by atoms with van der Waals surface area (Å²) in [6.45, 7) is 3.64. The first-order chi connectivity index (χ1) is 22.7. The van der Waals surface area contributed by atoms with E-state index in [-0.39, 0.29) is 42.2 Å². The average molecular weight is 656 g/mol. The molecule has 1 aliphatic heterocycles. The first kappa shape index (κ1) is 32.2. The molecule has 1 heterocycles. The molecule has 5 aliphatic rings. The summed E-state index contributed by atoms with van der Waals surface area (Å²) in [7, 11) is 0. The molecule has 8 rings (SSSR count). The van der Waals surface area contributed by atoms with E-state index in [0.29, 0.717) is 11.4 Å². The van der Waals surface area contributed by atoms with E-state index in [1.165, 1.54) is 26.2 Å². The molecule has 8 nitrogen and oxygen atoms in total. The van der Waals surface area contributed by atoms with Crippen molar-refractivity contribution in [1.29, 1.82) is 0 Å². The van der Waals surface area contributed by atoms with Gasteiger partial charge in [0.15, 0.2) is 6.29 Å². The van der Waals surface area contributed by atoms with Crippen molar-refractivity contribution in [3.8, 4) is 0 Å². The smallest absolute Gasteiger partial charge is 0.319 e. The first-order valence-electron chi connectivity index (χ1n) is 16.9.